The molecule has 37 valence electrons. The molecule has 0 fully saturated rings. The highest BCUT2D eigenvalue weighted by molar-refractivity contribution is 7.83. The van der Waals surface area contributed by atoms with Crippen LogP contribution in [0, 0.1) is 5.25 Å². The first-order chi connectivity index (χ1) is 2.77. The Morgan fingerprint density at radius 3 is 2.17 bits per heavy atom. The van der Waals surface area contributed by atoms with E-state index in [2.05, 4.69) is 25.3 Å². The quantitative estimate of drug-likeness (QED) is 0.511. The zero-order valence-corrected chi connectivity index (χ0v) is 5.60. The molecular formula is C4H9S2. The van der Waals surface area contributed by atoms with E-state index >= 15 is 0 Å². The molecule has 0 aromatic carbocycles. The van der Waals surface area contributed by atoms with Crippen LogP contribution in [-0.4, -0.2) is 5.75 Å². The highest BCUT2D eigenvalue weighted by atomic mass is 32.1. The molecule has 1 radical (unpaired) electrons. The Labute approximate surface area is 50.1 Å². The fraction of sp³-hybridized carbons (Fsp3) is 0.750. The van der Waals surface area contributed by atoms with Gasteiger partial charge in [-0.3, -0.25) is 0 Å². The van der Waals surface area contributed by atoms with Gasteiger partial charge in [0.05, 0.1) is 0 Å². The van der Waals surface area contributed by atoms with E-state index in [4.69, 9.17) is 0 Å². The van der Waals surface area contributed by atoms with E-state index < -0.39 is 0 Å². The van der Waals surface area contributed by atoms with Crippen LogP contribution in [-0.2, 0) is 0 Å². The molecule has 0 atom stereocenters. The van der Waals surface area contributed by atoms with Crippen LogP contribution in [0.5, 0.6) is 0 Å². The van der Waals surface area contributed by atoms with Crippen molar-refractivity contribution in [3.8, 4) is 0 Å². The molecule has 0 spiro atoms. The van der Waals surface area contributed by atoms with Gasteiger partial charge in [0.1, 0.15) is 0 Å². The van der Waals surface area contributed by atoms with Gasteiger partial charge < -0.3 is 0 Å². The zero-order chi connectivity index (χ0) is 4.99. The second-order valence-electron chi connectivity index (χ2n) is 1.21. The largest absolute Gasteiger partial charge is 0.179 e. The number of rotatable bonds is 2. The van der Waals surface area contributed by atoms with Gasteiger partial charge in [-0.15, -0.1) is 0 Å². The van der Waals surface area contributed by atoms with Crippen LogP contribution in [0.1, 0.15) is 13.3 Å². The second-order valence-corrected chi connectivity index (χ2v) is 2.42. The van der Waals surface area contributed by atoms with Crippen molar-refractivity contribution in [1.29, 1.82) is 0 Å². The average Bonchev–Trinajstić information content (AvgIpc) is 1.35. The normalized spacial score (nSPS) is 10.0. The molecule has 0 amide bonds. The van der Waals surface area contributed by atoms with Gasteiger partial charge in [-0.2, -0.15) is 25.3 Å². The molecular weight excluding hydrogens is 112 g/mol. The van der Waals surface area contributed by atoms with Crippen LogP contribution >= 0.6 is 25.3 Å². The first-order valence-electron chi connectivity index (χ1n) is 1.89. The third-order valence-corrected chi connectivity index (χ3v) is 0.921. The fourth-order valence-electron chi connectivity index (χ4n) is 0.162. The van der Waals surface area contributed by atoms with Crippen LogP contribution < -0.4 is 0 Å². The van der Waals surface area contributed by atoms with E-state index in [9.17, 15) is 0 Å². The Morgan fingerprint density at radius 1 is 1.67 bits per heavy atom. The monoisotopic (exact) mass is 121 g/mol. The van der Waals surface area contributed by atoms with Gasteiger partial charge in [0.2, 0.25) is 0 Å². The topological polar surface area (TPSA) is 0 Å². The number of hydrogen-bond donors (Lipinski definition) is 2. The molecule has 0 aromatic rings. The molecule has 0 bridgehead atoms. The van der Waals surface area contributed by atoms with Crippen molar-refractivity contribution < 1.29 is 0 Å². The maximum absolute atomic E-state index is 4.05. The summed E-state index contributed by atoms with van der Waals surface area (Å²) in [6.45, 7) is 1.99. The molecule has 0 saturated heterocycles. The molecule has 0 aromatic heterocycles. The molecule has 0 aliphatic carbocycles. The van der Waals surface area contributed by atoms with E-state index in [0.717, 1.165) is 17.4 Å². The van der Waals surface area contributed by atoms with Crippen molar-refractivity contribution in [2.75, 3.05) is 5.75 Å². The van der Waals surface area contributed by atoms with Crippen LogP contribution in [0.2, 0.25) is 0 Å². The first-order valence-corrected chi connectivity index (χ1v) is 2.97. The van der Waals surface area contributed by atoms with Gasteiger partial charge in [0, 0.05) is 5.25 Å². The lowest BCUT2D eigenvalue weighted by molar-refractivity contribution is 1.08. The molecule has 0 aliphatic heterocycles. The summed E-state index contributed by atoms with van der Waals surface area (Å²) in [5.74, 6) is 0.912. The summed E-state index contributed by atoms with van der Waals surface area (Å²) in [5, 5.41) is 1.16. The van der Waals surface area contributed by atoms with Gasteiger partial charge in [0.25, 0.3) is 0 Å². The Morgan fingerprint density at radius 2 is 2.17 bits per heavy atom. The summed E-state index contributed by atoms with van der Waals surface area (Å²) in [5.41, 5.74) is 0. The SMILES string of the molecule is C[C](S)CCS. The maximum atomic E-state index is 4.05. The highest BCUT2D eigenvalue weighted by Gasteiger charge is 1.88. The van der Waals surface area contributed by atoms with Gasteiger partial charge in [-0.1, -0.05) is 0 Å². The molecule has 0 heterocycles. The van der Waals surface area contributed by atoms with E-state index in [1.165, 1.54) is 0 Å². The number of hydrogen-bond acceptors (Lipinski definition) is 2. The third kappa shape index (κ3) is 4.70. The molecule has 0 N–H and O–H groups in total. The van der Waals surface area contributed by atoms with Gasteiger partial charge >= 0.3 is 0 Å². The minimum absolute atomic E-state index is 0.912. The van der Waals surface area contributed by atoms with Crippen LogP contribution in [0.3, 0.4) is 0 Å². The summed E-state index contributed by atoms with van der Waals surface area (Å²) in [6.07, 6.45) is 1.02. The van der Waals surface area contributed by atoms with Crippen molar-refractivity contribution in [1.82, 2.24) is 0 Å². The Kier molecular flexibility index (Phi) is 4.33. The lowest BCUT2D eigenvalue weighted by atomic mass is 10.4. The van der Waals surface area contributed by atoms with Crippen LogP contribution in [0.25, 0.3) is 0 Å². The standard InChI is InChI=1S/C4H9S2/c1-4(6)2-3-5/h5-6H,2-3H2,1H3. The smallest absolute Gasteiger partial charge is 0.0251 e. The molecule has 2 heteroatoms. The Balaban J connectivity index is 2.63. The highest BCUT2D eigenvalue weighted by Crippen LogP contribution is 2.08. The third-order valence-electron chi connectivity index (χ3n) is 0.474. The van der Waals surface area contributed by atoms with Crippen molar-refractivity contribution >= 4 is 25.3 Å². The predicted octanol–water partition coefficient (Wildman–Crippen LogP) is 1.79. The average molecular weight is 121 g/mol. The summed E-state index contributed by atoms with van der Waals surface area (Å²) >= 11 is 8.04. The number of thiol groups is 2. The van der Waals surface area contributed by atoms with E-state index in [1.54, 1.807) is 0 Å². The minimum atomic E-state index is 0.912. The van der Waals surface area contributed by atoms with Crippen molar-refractivity contribution in [2.45, 2.75) is 13.3 Å². The lowest BCUT2D eigenvalue weighted by Gasteiger charge is -1.93. The molecule has 0 saturated carbocycles. The summed E-state index contributed by atoms with van der Waals surface area (Å²) in [6, 6.07) is 0. The predicted molar refractivity (Wildman–Crippen MR) is 36.4 cm³/mol. The molecule has 0 nitrogen and oxygen atoms in total. The van der Waals surface area contributed by atoms with Crippen LogP contribution in [0.15, 0.2) is 0 Å². The first kappa shape index (κ1) is 6.70. The molecule has 0 aliphatic rings. The van der Waals surface area contributed by atoms with Crippen molar-refractivity contribution in [3.05, 3.63) is 5.25 Å². The Bertz CT molecular complexity index is 26.7. The van der Waals surface area contributed by atoms with Crippen molar-refractivity contribution in [2.24, 2.45) is 0 Å². The van der Waals surface area contributed by atoms with Gasteiger partial charge in [-0.25, -0.2) is 0 Å². The van der Waals surface area contributed by atoms with Gasteiger partial charge in [0.15, 0.2) is 0 Å². The lowest BCUT2D eigenvalue weighted by Crippen LogP contribution is -1.78. The van der Waals surface area contributed by atoms with Gasteiger partial charge in [-0.05, 0) is 19.1 Å². The van der Waals surface area contributed by atoms with E-state index in [0.29, 0.717) is 0 Å². The summed E-state index contributed by atoms with van der Waals surface area (Å²) in [7, 11) is 0. The van der Waals surface area contributed by atoms with E-state index in [1.807, 2.05) is 6.92 Å². The minimum Gasteiger partial charge on any atom is -0.179 e. The second kappa shape index (κ2) is 3.88. The summed E-state index contributed by atoms with van der Waals surface area (Å²) < 4.78 is 0. The molecule has 6 heavy (non-hydrogen) atoms. The van der Waals surface area contributed by atoms with Crippen LogP contribution in [0.4, 0.5) is 0 Å². The maximum Gasteiger partial charge on any atom is 0.0251 e. The van der Waals surface area contributed by atoms with Crippen molar-refractivity contribution in [3.63, 3.8) is 0 Å². The van der Waals surface area contributed by atoms with E-state index in [-0.39, 0.29) is 0 Å². The fourth-order valence-corrected chi connectivity index (χ4v) is 0.785. The summed E-state index contributed by atoms with van der Waals surface area (Å²) in [4.78, 5) is 0. The molecule has 0 unspecified atom stereocenters. The molecule has 0 rings (SSSR count). The Hall–Kier alpha value is 0.700. The zero-order valence-electron chi connectivity index (χ0n) is 3.81.